The average Bonchev–Trinajstić information content (AvgIpc) is 2.40. The van der Waals surface area contributed by atoms with Crippen molar-refractivity contribution in [1.82, 2.24) is 10.3 Å². The molecule has 114 valence electrons. The van der Waals surface area contributed by atoms with Crippen LogP contribution in [0.3, 0.4) is 0 Å². The lowest BCUT2D eigenvalue weighted by atomic mass is 10.1. The number of aromatic nitrogens is 1. The first-order chi connectivity index (χ1) is 9.79. The highest BCUT2D eigenvalue weighted by Crippen LogP contribution is 2.20. The number of alkyl halides is 3. The number of pyridine rings is 1. The predicted molar refractivity (Wildman–Crippen MR) is 68.5 cm³/mol. The normalized spacial score (nSPS) is 11.6. The topological polar surface area (TPSA) is 79.3 Å². The first kappa shape index (κ1) is 16.7. The summed E-state index contributed by atoms with van der Waals surface area (Å²) in [7, 11) is 0. The maximum absolute atomic E-state index is 12.0. The van der Waals surface area contributed by atoms with E-state index in [1.54, 1.807) is 0 Å². The van der Waals surface area contributed by atoms with Crippen molar-refractivity contribution in [3.8, 4) is 0 Å². The van der Waals surface area contributed by atoms with Crippen molar-refractivity contribution in [3.05, 3.63) is 35.7 Å². The number of amides is 1. The minimum atomic E-state index is -4.26. The van der Waals surface area contributed by atoms with Gasteiger partial charge in [-0.1, -0.05) is 6.07 Å². The van der Waals surface area contributed by atoms with E-state index in [0.717, 1.165) is 6.08 Å². The molecule has 1 heterocycles. The van der Waals surface area contributed by atoms with Crippen molar-refractivity contribution in [3.63, 3.8) is 0 Å². The van der Waals surface area contributed by atoms with E-state index in [1.165, 1.54) is 24.4 Å². The molecule has 5 nitrogen and oxygen atoms in total. The van der Waals surface area contributed by atoms with Crippen LogP contribution in [-0.2, 0) is 4.79 Å². The molecule has 0 unspecified atom stereocenters. The van der Waals surface area contributed by atoms with E-state index in [1.807, 2.05) is 0 Å². The number of aliphatic carboxylic acids is 1. The number of carboxylic acid groups (broad SMARTS) is 1. The first-order valence-corrected chi connectivity index (χ1v) is 6.00. The molecule has 1 aromatic rings. The number of carbonyl (C=O) groups excluding carboxylic acids is 1. The minimum Gasteiger partial charge on any atom is -0.478 e. The smallest absolute Gasteiger partial charge is 0.389 e. The molecule has 0 saturated carbocycles. The van der Waals surface area contributed by atoms with Crippen molar-refractivity contribution in [2.75, 3.05) is 6.54 Å². The van der Waals surface area contributed by atoms with E-state index in [-0.39, 0.29) is 24.2 Å². The first-order valence-electron chi connectivity index (χ1n) is 6.00. The highest BCUT2D eigenvalue weighted by Gasteiger charge is 2.26. The summed E-state index contributed by atoms with van der Waals surface area (Å²) in [6.45, 7) is -0.142. The molecule has 0 fully saturated rings. The van der Waals surface area contributed by atoms with Crippen LogP contribution in [0.15, 0.2) is 24.4 Å². The van der Waals surface area contributed by atoms with E-state index in [2.05, 4.69) is 10.3 Å². The minimum absolute atomic E-state index is 0.0398. The van der Waals surface area contributed by atoms with Gasteiger partial charge in [-0.15, -0.1) is 0 Å². The lowest BCUT2D eigenvalue weighted by molar-refractivity contribution is -0.135. The van der Waals surface area contributed by atoms with Crippen molar-refractivity contribution in [2.24, 2.45) is 0 Å². The number of hydrogen-bond donors (Lipinski definition) is 2. The Bertz CT molecular complexity index is 542. The van der Waals surface area contributed by atoms with E-state index >= 15 is 0 Å². The Labute approximate surface area is 118 Å². The molecule has 0 bridgehead atoms. The summed E-state index contributed by atoms with van der Waals surface area (Å²) in [5.74, 6) is -1.83. The summed E-state index contributed by atoms with van der Waals surface area (Å²) in [4.78, 5) is 26.0. The van der Waals surface area contributed by atoms with Crippen LogP contribution in [0.2, 0.25) is 0 Å². The Hall–Kier alpha value is -2.38. The highest BCUT2D eigenvalue weighted by molar-refractivity contribution is 5.97. The zero-order valence-corrected chi connectivity index (χ0v) is 10.9. The second kappa shape index (κ2) is 7.41. The van der Waals surface area contributed by atoms with Crippen LogP contribution in [0.1, 0.15) is 28.9 Å². The Balaban J connectivity index is 2.64. The van der Waals surface area contributed by atoms with Gasteiger partial charge < -0.3 is 10.4 Å². The molecular formula is C13H13F3N2O3. The molecule has 0 aliphatic carbocycles. The van der Waals surface area contributed by atoms with Crippen LogP contribution in [0.5, 0.6) is 0 Å². The fourth-order valence-corrected chi connectivity index (χ4v) is 1.48. The van der Waals surface area contributed by atoms with Crippen LogP contribution >= 0.6 is 0 Å². The molecule has 1 aromatic heterocycles. The Morgan fingerprint density at radius 3 is 2.71 bits per heavy atom. The van der Waals surface area contributed by atoms with Gasteiger partial charge in [0.1, 0.15) is 5.69 Å². The fraction of sp³-hybridized carbons (Fsp3) is 0.308. The number of nitrogens with zero attached hydrogens (tertiary/aromatic N) is 1. The van der Waals surface area contributed by atoms with Crippen molar-refractivity contribution in [2.45, 2.75) is 19.0 Å². The van der Waals surface area contributed by atoms with E-state index in [0.29, 0.717) is 0 Å². The van der Waals surface area contributed by atoms with Gasteiger partial charge in [-0.3, -0.25) is 9.78 Å². The number of rotatable bonds is 6. The van der Waals surface area contributed by atoms with Gasteiger partial charge in [-0.2, -0.15) is 13.2 Å². The van der Waals surface area contributed by atoms with Crippen LogP contribution in [0.4, 0.5) is 13.2 Å². The van der Waals surface area contributed by atoms with Crippen LogP contribution < -0.4 is 5.32 Å². The lowest BCUT2D eigenvalue weighted by Crippen LogP contribution is -2.27. The quantitative estimate of drug-likeness (QED) is 0.624. The molecule has 0 aromatic carbocycles. The molecule has 1 rings (SSSR count). The summed E-state index contributed by atoms with van der Waals surface area (Å²) < 4.78 is 35.9. The number of carbonyl (C=O) groups is 2. The summed E-state index contributed by atoms with van der Waals surface area (Å²) in [6, 6.07) is 3.00. The Kier molecular flexibility index (Phi) is 5.89. The van der Waals surface area contributed by atoms with E-state index in [4.69, 9.17) is 5.11 Å². The fourth-order valence-electron chi connectivity index (χ4n) is 1.48. The van der Waals surface area contributed by atoms with Gasteiger partial charge in [0.05, 0.1) is 0 Å². The zero-order valence-electron chi connectivity index (χ0n) is 10.9. The van der Waals surface area contributed by atoms with E-state index < -0.39 is 24.5 Å². The van der Waals surface area contributed by atoms with Crippen LogP contribution in [-0.4, -0.2) is 34.7 Å². The molecule has 0 atom stereocenters. The zero-order chi connectivity index (χ0) is 15.9. The molecule has 2 N–H and O–H groups in total. The van der Waals surface area contributed by atoms with E-state index in [9.17, 15) is 22.8 Å². The molecule has 0 aliphatic rings. The third-order valence-electron chi connectivity index (χ3n) is 2.38. The summed E-state index contributed by atoms with van der Waals surface area (Å²) >= 11 is 0. The van der Waals surface area contributed by atoms with Gasteiger partial charge in [0.2, 0.25) is 0 Å². The molecule has 0 aliphatic heterocycles. The summed E-state index contributed by atoms with van der Waals surface area (Å²) in [6.07, 6.45) is -2.10. The number of carboxylic acids is 1. The predicted octanol–water partition coefficient (Wildman–Crippen LogP) is 2.25. The third-order valence-corrected chi connectivity index (χ3v) is 2.38. The van der Waals surface area contributed by atoms with Gasteiger partial charge in [-0.25, -0.2) is 4.79 Å². The van der Waals surface area contributed by atoms with Gasteiger partial charge >= 0.3 is 12.1 Å². The Morgan fingerprint density at radius 1 is 1.38 bits per heavy atom. The Morgan fingerprint density at radius 2 is 2.10 bits per heavy atom. The standard InChI is InChI=1S/C13H13F3N2O3/c14-13(15,16)6-2-8-18-12(21)11-9(3-1-7-17-11)4-5-10(19)20/h1,3-5,7H,2,6,8H2,(H,18,21)(H,19,20)/b5-4+. The van der Waals surface area contributed by atoms with Gasteiger partial charge in [-0.05, 0) is 18.6 Å². The molecular weight excluding hydrogens is 289 g/mol. The molecule has 0 radical (unpaired) electrons. The number of hydrogen-bond acceptors (Lipinski definition) is 3. The largest absolute Gasteiger partial charge is 0.478 e. The molecule has 0 spiro atoms. The summed E-state index contributed by atoms with van der Waals surface area (Å²) in [5.41, 5.74) is 0.232. The van der Waals surface area contributed by atoms with Crippen molar-refractivity contribution >= 4 is 18.0 Å². The average molecular weight is 302 g/mol. The van der Waals surface area contributed by atoms with Crippen molar-refractivity contribution < 1.29 is 27.9 Å². The van der Waals surface area contributed by atoms with Crippen LogP contribution in [0.25, 0.3) is 6.08 Å². The maximum atomic E-state index is 12.0. The van der Waals surface area contributed by atoms with Crippen LogP contribution in [0, 0.1) is 0 Å². The number of halogens is 3. The highest BCUT2D eigenvalue weighted by atomic mass is 19.4. The second-order valence-corrected chi connectivity index (χ2v) is 4.09. The maximum Gasteiger partial charge on any atom is 0.389 e. The molecule has 21 heavy (non-hydrogen) atoms. The van der Waals surface area contributed by atoms with Gasteiger partial charge in [0, 0.05) is 30.8 Å². The SMILES string of the molecule is O=C(O)/C=C/c1cccnc1C(=O)NCCCC(F)(F)F. The lowest BCUT2D eigenvalue weighted by Gasteiger charge is -2.08. The van der Waals surface area contributed by atoms with Gasteiger partial charge in [0.25, 0.3) is 5.91 Å². The third kappa shape index (κ3) is 6.55. The molecule has 8 heteroatoms. The molecule has 0 saturated heterocycles. The number of nitrogens with one attached hydrogen (secondary N) is 1. The molecule has 1 amide bonds. The van der Waals surface area contributed by atoms with Gasteiger partial charge in [0.15, 0.2) is 0 Å². The summed E-state index contributed by atoms with van der Waals surface area (Å²) in [5, 5.41) is 10.9. The monoisotopic (exact) mass is 302 g/mol. The van der Waals surface area contributed by atoms with Crippen molar-refractivity contribution in [1.29, 1.82) is 0 Å². The second-order valence-electron chi connectivity index (χ2n) is 4.09.